The fourth-order valence-corrected chi connectivity index (χ4v) is 3.14. The Morgan fingerprint density at radius 3 is 2.95 bits per heavy atom. The Labute approximate surface area is 120 Å². The van der Waals surface area contributed by atoms with Crippen molar-refractivity contribution in [3.8, 4) is 0 Å². The fourth-order valence-electron chi connectivity index (χ4n) is 3.14. The summed E-state index contributed by atoms with van der Waals surface area (Å²) in [7, 11) is 2.14. The molecular formula is C16H23N3O. The number of fused-ring (bicyclic) bond motifs is 1. The van der Waals surface area contributed by atoms with Crippen LogP contribution in [0.2, 0.25) is 0 Å². The van der Waals surface area contributed by atoms with Gasteiger partial charge in [0.1, 0.15) is 0 Å². The minimum absolute atomic E-state index is 0.0973. The third kappa shape index (κ3) is 2.80. The summed E-state index contributed by atoms with van der Waals surface area (Å²) in [4.78, 5) is 14.8. The number of rotatable bonds is 2. The van der Waals surface area contributed by atoms with Crippen LogP contribution in [0.25, 0.3) is 0 Å². The lowest BCUT2D eigenvalue weighted by atomic mass is 9.96. The zero-order valence-corrected chi connectivity index (χ0v) is 12.1. The molecule has 0 radical (unpaired) electrons. The van der Waals surface area contributed by atoms with E-state index in [0.29, 0.717) is 6.04 Å². The van der Waals surface area contributed by atoms with Crippen LogP contribution in [0.3, 0.4) is 0 Å². The normalized spacial score (nSPS) is 20.1. The van der Waals surface area contributed by atoms with Gasteiger partial charge in [-0.15, -0.1) is 0 Å². The number of piperidine rings is 1. The Hall–Kier alpha value is -1.55. The maximum absolute atomic E-state index is 12.5. The minimum atomic E-state index is 0.0973. The third-order valence-corrected chi connectivity index (χ3v) is 4.39. The third-order valence-electron chi connectivity index (χ3n) is 4.39. The molecule has 0 saturated carbocycles. The topological polar surface area (TPSA) is 44.4 Å². The van der Waals surface area contributed by atoms with Crippen LogP contribution in [0, 0.1) is 0 Å². The van der Waals surface area contributed by atoms with Crippen molar-refractivity contribution in [1.29, 1.82) is 0 Å². The van der Waals surface area contributed by atoms with Crippen LogP contribution in [0.5, 0.6) is 0 Å². The van der Waals surface area contributed by atoms with Gasteiger partial charge in [-0.2, -0.15) is 0 Å². The average molecular weight is 273 g/mol. The second-order valence-corrected chi connectivity index (χ2v) is 5.91. The van der Waals surface area contributed by atoms with E-state index in [0.717, 1.165) is 56.6 Å². The molecule has 0 atom stereocenters. The number of likely N-dealkylation sites (tertiary alicyclic amines) is 1. The molecule has 0 aliphatic carbocycles. The van der Waals surface area contributed by atoms with Crippen LogP contribution >= 0.6 is 0 Å². The summed E-state index contributed by atoms with van der Waals surface area (Å²) < 4.78 is 0. The van der Waals surface area contributed by atoms with Crippen molar-refractivity contribution in [2.24, 2.45) is 0 Å². The summed E-state index contributed by atoms with van der Waals surface area (Å²) in [5, 5.41) is 6.59. The second kappa shape index (κ2) is 5.83. The van der Waals surface area contributed by atoms with Gasteiger partial charge < -0.3 is 15.5 Å². The van der Waals surface area contributed by atoms with E-state index in [1.54, 1.807) is 0 Å². The molecule has 3 rings (SSSR count). The van der Waals surface area contributed by atoms with Crippen molar-refractivity contribution in [3.05, 3.63) is 29.3 Å². The van der Waals surface area contributed by atoms with Crippen molar-refractivity contribution in [2.75, 3.05) is 32.0 Å². The Morgan fingerprint density at radius 1 is 1.35 bits per heavy atom. The zero-order chi connectivity index (χ0) is 13.9. The Bertz CT molecular complexity index is 492. The predicted octanol–water partition coefficient (Wildman–Crippen LogP) is 1.87. The van der Waals surface area contributed by atoms with E-state index in [1.165, 1.54) is 5.56 Å². The number of nitrogens with zero attached hydrogens (tertiary/aromatic N) is 1. The monoisotopic (exact) mass is 273 g/mol. The van der Waals surface area contributed by atoms with Crippen molar-refractivity contribution in [2.45, 2.75) is 31.7 Å². The van der Waals surface area contributed by atoms with Crippen LogP contribution in [0.1, 0.15) is 35.2 Å². The molecule has 2 N–H and O–H groups in total. The molecule has 4 heteroatoms. The van der Waals surface area contributed by atoms with Gasteiger partial charge in [0.2, 0.25) is 0 Å². The number of benzene rings is 1. The van der Waals surface area contributed by atoms with E-state index in [1.807, 2.05) is 12.1 Å². The second-order valence-electron chi connectivity index (χ2n) is 5.91. The average Bonchev–Trinajstić information content (AvgIpc) is 2.49. The van der Waals surface area contributed by atoms with E-state index in [4.69, 9.17) is 0 Å². The molecule has 0 aromatic heterocycles. The van der Waals surface area contributed by atoms with Crippen LogP contribution in [-0.4, -0.2) is 43.5 Å². The molecule has 1 amide bonds. The van der Waals surface area contributed by atoms with Crippen LogP contribution < -0.4 is 10.6 Å². The first-order chi connectivity index (χ1) is 9.74. The molecule has 0 bridgehead atoms. The molecule has 1 aromatic carbocycles. The lowest BCUT2D eigenvalue weighted by Gasteiger charge is -2.30. The lowest BCUT2D eigenvalue weighted by molar-refractivity contribution is 0.0916. The van der Waals surface area contributed by atoms with Crippen LogP contribution in [-0.2, 0) is 6.42 Å². The van der Waals surface area contributed by atoms with E-state index in [9.17, 15) is 4.79 Å². The number of hydrogen-bond donors (Lipinski definition) is 2. The number of anilines is 1. The van der Waals surface area contributed by atoms with E-state index < -0.39 is 0 Å². The fraction of sp³-hybridized carbons (Fsp3) is 0.562. The van der Waals surface area contributed by atoms with Crippen LogP contribution in [0.4, 0.5) is 5.69 Å². The first-order valence-corrected chi connectivity index (χ1v) is 7.59. The maximum atomic E-state index is 12.5. The summed E-state index contributed by atoms with van der Waals surface area (Å²) in [6.45, 7) is 3.14. The van der Waals surface area contributed by atoms with Gasteiger partial charge in [-0.25, -0.2) is 0 Å². The van der Waals surface area contributed by atoms with Gasteiger partial charge in [-0.05, 0) is 63.5 Å². The summed E-state index contributed by atoms with van der Waals surface area (Å²) in [5.74, 6) is 0.0973. The lowest BCUT2D eigenvalue weighted by Crippen LogP contribution is -2.43. The molecular weight excluding hydrogens is 250 g/mol. The highest BCUT2D eigenvalue weighted by Crippen LogP contribution is 2.25. The van der Waals surface area contributed by atoms with Gasteiger partial charge in [0.05, 0.1) is 0 Å². The van der Waals surface area contributed by atoms with E-state index in [2.05, 4.69) is 28.6 Å². The highest BCUT2D eigenvalue weighted by Gasteiger charge is 2.22. The van der Waals surface area contributed by atoms with Gasteiger partial charge in [0, 0.05) is 23.8 Å². The molecule has 0 unspecified atom stereocenters. The Morgan fingerprint density at radius 2 is 2.15 bits per heavy atom. The van der Waals surface area contributed by atoms with Gasteiger partial charge in [0.15, 0.2) is 0 Å². The predicted molar refractivity (Wildman–Crippen MR) is 81.2 cm³/mol. The number of nitrogens with one attached hydrogen (secondary N) is 2. The van der Waals surface area contributed by atoms with Crippen molar-refractivity contribution in [3.63, 3.8) is 0 Å². The summed E-state index contributed by atoms with van der Waals surface area (Å²) in [6, 6.07) is 6.32. The van der Waals surface area contributed by atoms with Crippen LogP contribution in [0.15, 0.2) is 18.2 Å². The molecule has 108 valence electrons. The largest absolute Gasteiger partial charge is 0.385 e. The van der Waals surface area contributed by atoms with Crippen molar-refractivity contribution >= 4 is 11.6 Å². The molecule has 4 nitrogen and oxygen atoms in total. The van der Waals surface area contributed by atoms with Crippen molar-refractivity contribution in [1.82, 2.24) is 10.2 Å². The minimum Gasteiger partial charge on any atom is -0.385 e. The maximum Gasteiger partial charge on any atom is 0.251 e. The molecule has 1 fully saturated rings. The molecule has 20 heavy (non-hydrogen) atoms. The summed E-state index contributed by atoms with van der Waals surface area (Å²) >= 11 is 0. The molecule has 0 spiro atoms. The first-order valence-electron chi connectivity index (χ1n) is 7.59. The number of carbonyl (C=O) groups is 1. The first kappa shape index (κ1) is 13.4. The summed E-state index contributed by atoms with van der Waals surface area (Å²) in [6.07, 6.45) is 4.20. The standard InChI is InChI=1S/C16H23N3O/c1-19-10-7-12(8-11-19)18-16(20)14-4-2-6-15-13(14)5-3-9-17-15/h2,4,6,12,17H,3,5,7-11H2,1H3,(H,18,20). The highest BCUT2D eigenvalue weighted by atomic mass is 16.1. The summed E-state index contributed by atoms with van der Waals surface area (Å²) in [5.41, 5.74) is 3.17. The van der Waals surface area contributed by atoms with Gasteiger partial charge in [0.25, 0.3) is 5.91 Å². The van der Waals surface area contributed by atoms with E-state index >= 15 is 0 Å². The quantitative estimate of drug-likeness (QED) is 0.864. The van der Waals surface area contributed by atoms with Gasteiger partial charge in [-0.3, -0.25) is 4.79 Å². The van der Waals surface area contributed by atoms with Gasteiger partial charge in [-0.1, -0.05) is 6.07 Å². The van der Waals surface area contributed by atoms with E-state index in [-0.39, 0.29) is 5.91 Å². The molecule has 2 aliphatic heterocycles. The molecule has 1 aromatic rings. The highest BCUT2D eigenvalue weighted by molar-refractivity contribution is 5.97. The Balaban J connectivity index is 1.71. The number of hydrogen-bond acceptors (Lipinski definition) is 3. The molecule has 2 aliphatic rings. The Kier molecular flexibility index (Phi) is 3.92. The molecule has 1 saturated heterocycles. The molecule has 2 heterocycles. The smallest absolute Gasteiger partial charge is 0.251 e. The van der Waals surface area contributed by atoms with Crippen molar-refractivity contribution < 1.29 is 4.79 Å². The SMILES string of the molecule is CN1CCC(NC(=O)c2cccc3c2CCCN3)CC1. The zero-order valence-electron chi connectivity index (χ0n) is 12.1. The number of carbonyl (C=O) groups excluding carboxylic acids is 1. The van der Waals surface area contributed by atoms with Gasteiger partial charge >= 0.3 is 0 Å². The number of amides is 1.